The summed E-state index contributed by atoms with van der Waals surface area (Å²) in [5, 5.41) is 0. The van der Waals surface area contributed by atoms with Gasteiger partial charge in [0, 0.05) is 30.3 Å². The molecule has 34 heavy (non-hydrogen) atoms. The molecule has 4 rings (SSSR count). The molecule has 0 saturated carbocycles. The Morgan fingerprint density at radius 2 is 1.82 bits per heavy atom. The second kappa shape index (κ2) is 10.0. The molecule has 0 N–H and O–H groups in total. The zero-order valence-corrected chi connectivity index (χ0v) is 18.3. The molecule has 9 heteroatoms. The van der Waals surface area contributed by atoms with Crippen LogP contribution in [0.15, 0.2) is 71.3 Å². The second-order valence-corrected chi connectivity index (χ2v) is 7.53. The van der Waals surface area contributed by atoms with E-state index in [9.17, 15) is 19.2 Å². The summed E-state index contributed by atoms with van der Waals surface area (Å²) in [7, 11) is 1.53. The minimum atomic E-state index is -0.671. The Morgan fingerprint density at radius 1 is 1.03 bits per heavy atom. The molecular formula is C25H21NO8. The molecule has 1 aliphatic heterocycles. The van der Waals surface area contributed by atoms with Gasteiger partial charge in [0.2, 0.25) is 11.7 Å². The Balaban J connectivity index is 1.29. The van der Waals surface area contributed by atoms with Crippen LogP contribution in [-0.4, -0.2) is 43.9 Å². The number of ether oxygens (including phenoxy) is 3. The number of Topliss-reactive ketones (excluding diaryl/α,β-unsaturated/α-hetero) is 1. The second-order valence-electron chi connectivity index (χ2n) is 7.53. The molecule has 1 aliphatic rings. The number of rotatable bonds is 8. The Morgan fingerprint density at radius 3 is 2.53 bits per heavy atom. The summed E-state index contributed by atoms with van der Waals surface area (Å²) in [4.78, 5) is 50.7. The lowest BCUT2D eigenvalue weighted by Crippen LogP contribution is -2.27. The topological polar surface area (TPSA) is 112 Å². The number of furan rings is 1. The van der Waals surface area contributed by atoms with Gasteiger partial charge in [0.25, 0.3) is 0 Å². The summed E-state index contributed by atoms with van der Waals surface area (Å²) in [5.74, 6) is -1.69. The van der Waals surface area contributed by atoms with Gasteiger partial charge in [-0.1, -0.05) is 6.07 Å². The van der Waals surface area contributed by atoms with Crippen LogP contribution in [-0.2, 0) is 14.3 Å². The maximum Gasteiger partial charge on any atom is 0.379 e. The van der Waals surface area contributed by atoms with Gasteiger partial charge in [-0.2, -0.15) is 0 Å². The lowest BCUT2D eigenvalue weighted by Gasteiger charge is -2.17. The molecule has 9 nitrogen and oxygen atoms in total. The van der Waals surface area contributed by atoms with Crippen LogP contribution in [0.4, 0.5) is 5.69 Å². The predicted molar refractivity (Wildman–Crippen MR) is 119 cm³/mol. The Labute approximate surface area is 194 Å². The maximum absolute atomic E-state index is 12.5. The zero-order chi connectivity index (χ0) is 24.1. The van der Waals surface area contributed by atoms with Crippen molar-refractivity contribution in [2.75, 3.05) is 25.2 Å². The van der Waals surface area contributed by atoms with Crippen LogP contribution in [0.3, 0.4) is 0 Å². The normalized spacial score (nSPS) is 15.1. The number of hydrogen-bond donors (Lipinski definition) is 0. The molecule has 2 heterocycles. The van der Waals surface area contributed by atoms with Gasteiger partial charge in [-0.15, -0.1) is 0 Å². The first kappa shape index (κ1) is 22.8. The third kappa shape index (κ3) is 5.15. The molecular weight excluding hydrogens is 442 g/mol. The Hall–Kier alpha value is -4.40. The van der Waals surface area contributed by atoms with Crippen molar-refractivity contribution in [1.29, 1.82) is 0 Å². The van der Waals surface area contributed by atoms with Crippen LogP contribution in [0.2, 0.25) is 0 Å². The average Bonchev–Trinajstić information content (AvgIpc) is 3.53. The lowest BCUT2D eigenvalue weighted by molar-refractivity contribution is -0.147. The van der Waals surface area contributed by atoms with Crippen LogP contribution >= 0.6 is 0 Å². The fourth-order valence-corrected chi connectivity index (χ4v) is 3.49. The van der Waals surface area contributed by atoms with Crippen LogP contribution in [0.25, 0.3) is 0 Å². The molecule has 0 bridgehead atoms. The number of nitrogens with zero attached hydrogens (tertiary/aromatic N) is 1. The first-order valence-electron chi connectivity index (χ1n) is 10.4. The van der Waals surface area contributed by atoms with Crippen molar-refractivity contribution in [3.63, 3.8) is 0 Å². The van der Waals surface area contributed by atoms with Crippen molar-refractivity contribution in [2.45, 2.75) is 6.42 Å². The average molecular weight is 463 g/mol. The first-order valence-corrected chi connectivity index (χ1v) is 10.4. The van der Waals surface area contributed by atoms with Crippen LogP contribution in [0.1, 0.15) is 27.3 Å². The van der Waals surface area contributed by atoms with Gasteiger partial charge < -0.3 is 23.5 Å². The lowest BCUT2D eigenvalue weighted by atomic mass is 10.1. The van der Waals surface area contributed by atoms with Gasteiger partial charge in [0.15, 0.2) is 12.4 Å². The van der Waals surface area contributed by atoms with Crippen LogP contribution < -0.4 is 14.4 Å². The number of hydrogen-bond acceptors (Lipinski definition) is 8. The maximum atomic E-state index is 12.5. The van der Waals surface area contributed by atoms with Gasteiger partial charge >= 0.3 is 11.9 Å². The van der Waals surface area contributed by atoms with Crippen molar-refractivity contribution in [1.82, 2.24) is 0 Å². The standard InChI is InChI=1S/C25H21NO8/c1-31-20-5-2-4-18(13-20)26-14-17(12-23(26)28)24(29)33-15-21(27)16-7-9-19(10-8-16)34-25(30)22-6-3-11-32-22/h2-11,13,17H,12,14-15H2,1H3/t17-/m0/s1. The molecule has 3 aromatic rings. The van der Waals surface area contributed by atoms with E-state index in [1.807, 2.05) is 0 Å². The Kier molecular flexibility index (Phi) is 6.72. The highest BCUT2D eigenvalue weighted by Gasteiger charge is 2.36. The zero-order valence-electron chi connectivity index (χ0n) is 18.3. The fraction of sp³-hybridized carbons (Fsp3) is 0.200. The molecule has 0 unspecified atom stereocenters. The molecule has 0 spiro atoms. The van der Waals surface area contributed by atoms with Crippen molar-refractivity contribution in [3.8, 4) is 11.5 Å². The number of ketones is 1. The first-order chi connectivity index (χ1) is 16.4. The van der Waals surface area contributed by atoms with Gasteiger partial charge in [-0.05, 0) is 48.5 Å². The number of benzene rings is 2. The molecule has 1 saturated heterocycles. The van der Waals surface area contributed by atoms with Crippen LogP contribution in [0, 0.1) is 5.92 Å². The van der Waals surface area contributed by atoms with E-state index in [-0.39, 0.29) is 35.9 Å². The third-order valence-electron chi connectivity index (χ3n) is 5.28. The predicted octanol–water partition coefficient (Wildman–Crippen LogP) is 3.29. The molecule has 0 radical (unpaired) electrons. The third-order valence-corrected chi connectivity index (χ3v) is 5.28. The summed E-state index contributed by atoms with van der Waals surface area (Å²) in [6.07, 6.45) is 1.36. The number of carbonyl (C=O) groups is 4. The highest BCUT2D eigenvalue weighted by Crippen LogP contribution is 2.28. The molecule has 174 valence electrons. The Bertz CT molecular complexity index is 1200. The number of amides is 1. The van der Waals surface area contributed by atoms with Gasteiger partial charge in [0.05, 0.1) is 19.3 Å². The van der Waals surface area contributed by atoms with E-state index in [1.54, 1.807) is 30.3 Å². The molecule has 1 aromatic heterocycles. The minimum absolute atomic E-state index is 0.0000330. The highest BCUT2D eigenvalue weighted by molar-refractivity contribution is 6.01. The number of esters is 2. The molecule has 1 atom stereocenters. The van der Waals surface area contributed by atoms with E-state index in [4.69, 9.17) is 18.6 Å². The van der Waals surface area contributed by atoms with E-state index in [0.717, 1.165) is 0 Å². The van der Waals surface area contributed by atoms with E-state index in [0.29, 0.717) is 11.4 Å². The van der Waals surface area contributed by atoms with Crippen LogP contribution in [0.5, 0.6) is 11.5 Å². The molecule has 1 amide bonds. The van der Waals surface area contributed by atoms with Crippen molar-refractivity contribution < 1.29 is 37.8 Å². The number of carbonyl (C=O) groups excluding carboxylic acids is 4. The minimum Gasteiger partial charge on any atom is -0.497 e. The van der Waals surface area contributed by atoms with Crippen molar-refractivity contribution >= 4 is 29.3 Å². The number of anilines is 1. The largest absolute Gasteiger partial charge is 0.497 e. The van der Waals surface area contributed by atoms with E-state index >= 15 is 0 Å². The van der Waals surface area contributed by atoms with E-state index < -0.39 is 30.2 Å². The number of methoxy groups -OCH3 is 1. The monoisotopic (exact) mass is 463 g/mol. The summed E-state index contributed by atoms with van der Waals surface area (Å²) in [6, 6.07) is 15.9. The summed E-state index contributed by atoms with van der Waals surface area (Å²) in [5.41, 5.74) is 0.912. The molecule has 2 aromatic carbocycles. The van der Waals surface area contributed by atoms with Gasteiger partial charge in [-0.25, -0.2) is 4.79 Å². The smallest absolute Gasteiger partial charge is 0.379 e. The van der Waals surface area contributed by atoms with E-state index in [1.165, 1.54) is 48.6 Å². The summed E-state index contributed by atoms with van der Waals surface area (Å²) >= 11 is 0. The van der Waals surface area contributed by atoms with Crippen molar-refractivity contribution in [2.24, 2.45) is 5.92 Å². The fourth-order valence-electron chi connectivity index (χ4n) is 3.49. The van der Waals surface area contributed by atoms with E-state index in [2.05, 4.69) is 0 Å². The SMILES string of the molecule is COc1cccc(N2C[C@@H](C(=O)OCC(=O)c3ccc(OC(=O)c4ccco4)cc3)CC2=O)c1. The highest BCUT2D eigenvalue weighted by atomic mass is 16.5. The molecule has 0 aliphatic carbocycles. The van der Waals surface area contributed by atoms with Gasteiger partial charge in [0.1, 0.15) is 11.5 Å². The quantitative estimate of drug-likeness (QED) is 0.284. The van der Waals surface area contributed by atoms with Crippen molar-refractivity contribution in [3.05, 3.63) is 78.3 Å². The summed E-state index contributed by atoms with van der Waals surface area (Å²) < 4.78 is 20.5. The van der Waals surface area contributed by atoms with Gasteiger partial charge in [-0.3, -0.25) is 14.4 Å². The molecule has 1 fully saturated rings. The summed E-state index contributed by atoms with van der Waals surface area (Å²) in [6.45, 7) is -0.303.